The van der Waals surface area contributed by atoms with Crippen LogP contribution in [0.2, 0.25) is 0 Å². The molecule has 1 saturated heterocycles. The van der Waals surface area contributed by atoms with Gasteiger partial charge in [-0.2, -0.15) is 0 Å². The Morgan fingerprint density at radius 1 is 0.875 bits per heavy atom. The highest BCUT2D eigenvalue weighted by molar-refractivity contribution is 8.00. The maximum absolute atomic E-state index is 13.6. The van der Waals surface area contributed by atoms with E-state index in [2.05, 4.69) is 34.6 Å². The van der Waals surface area contributed by atoms with Crippen LogP contribution in [0.5, 0.6) is 0 Å². The number of fused-ring (bicyclic) bond motifs is 1. The van der Waals surface area contributed by atoms with E-state index in [1.165, 1.54) is 127 Å². The lowest BCUT2D eigenvalue weighted by Gasteiger charge is -2.48. The van der Waals surface area contributed by atoms with Crippen LogP contribution in [0.1, 0.15) is 148 Å². The van der Waals surface area contributed by atoms with Gasteiger partial charge in [-0.3, -0.25) is 19.3 Å². The van der Waals surface area contributed by atoms with Crippen molar-refractivity contribution in [2.24, 2.45) is 5.16 Å². The number of thioether (sulfide) groups is 1. The first-order valence-electron chi connectivity index (χ1n) is 21.0. The van der Waals surface area contributed by atoms with Gasteiger partial charge >= 0.3 is 5.97 Å². The molecule has 1 fully saturated rings. The van der Waals surface area contributed by atoms with Crippen molar-refractivity contribution in [3.05, 3.63) is 22.8 Å². The van der Waals surface area contributed by atoms with Crippen molar-refractivity contribution in [1.82, 2.24) is 15.2 Å². The molecular formula is C41H67N5O8S2. The van der Waals surface area contributed by atoms with Gasteiger partial charge in [-0.25, -0.2) is 9.78 Å². The number of nitrogens with zero attached hydrogens (tertiary/aromatic N) is 3. The molecule has 316 valence electrons. The average Bonchev–Trinajstić information content (AvgIpc) is 3.67. The van der Waals surface area contributed by atoms with Gasteiger partial charge in [-0.05, 0) is 18.9 Å². The van der Waals surface area contributed by atoms with Crippen molar-refractivity contribution in [1.29, 1.82) is 0 Å². The van der Waals surface area contributed by atoms with Crippen molar-refractivity contribution in [3.63, 3.8) is 0 Å². The van der Waals surface area contributed by atoms with E-state index in [0.717, 1.165) is 37.0 Å². The van der Waals surface area contributed by atoms with Gasteiger partial charge < -0.3 is 29.7 Å². The van der Waals surface area contributed by atoms with Crippen LogP contribution in [0, 0.1) is 0 Å². The van der Waals surface area contributed by atoms with Crippen LogP contribution in [0.25, 0.3) is 0 Å². The van der Waals surface area contributed by atoms with E-state index < -0.39 is 35.3 Å². The van der Waals surface area contributed by atoms with E-state index in [1.807, 2.05) is 0 Å². The Bertz CT molecular complexity index is 1330. The predicted molar refractivity (Wildman–Crippen MR) is 224 cm³/mol. The molecule has 2 atom stereocenters. The molecule has 0 saturated carbocycles. The number of nitrogens with one attached hydrogen (secondary N) is 2. The molecule has 56 heavy (non-hydrogen) atoms. The Hall–Kier alpha value is -3.01. The number of aromatic nitrogens is 1. The highest BCUT2D eigenvalue weighted by Gasteiger charge is 2.53. The molecule has 1 aromatic heterocycles. The fraction of sp³-hybridized carbons (Fsp3) is 0.756. The number of β-lactam (4-membered cyclic amide) rings is 1. The SMILES string of the molecule is CCCCCCCCCCCCOCC(COCCCCCCCCCCCC)OC(=O)C1=CCS[C@H]2C(NC(=O)C(=NOC)c3csc(NC=O)n3)C(=O)N12. The fourth-order valence-corrected chi connectivity index (χ4v) is 8.52. The van der Waals surface area contributed by atoms with E-state index in [0.29, 0.717) is 25.4 Å². The highest BCUT2D eigenvalue weighted by atomic mass is 32.2. The average molecular weight is 822 g/mol. The Morgan fingerprint density at radius 3 is 1.93 bits per heavy atom. The Labute approximate surface area is 342 Å². The van der Waals surface area contributed by atoms with Crippen LogP contribution >= 0.6 is 23.1 Å². The van der Waals surface area contributed by atoms with E-state index >= 15 is 0 Å². The molecule has 0 bridgehead atoms. The molecule has 1 unspecified atom stereocenters. The summed E-state index contributed by atoms with van der Waals surface area (Å²) in [6.45, 7) is 6.07. The maximum Gasteiger partial charge on any atom is 0.355 e. The molecule has 3 rings (SSSR count). The third kappa shape index (κ3) is 17.2. The number of unbranched alkanes of at least 4 members (excludes halogenated alkanes) is 18. The smallest absolute Gasteiger partial charge is 0.355 e. The number of hydrogen-bond acceptors (Lipinski definition) is 12. The van der Waals surface area contributed by atoms with Gasteiger partial charge in [0.25, 0.3) is 11.8 Å². The summed E-state index contributed by atoms with van der Waals surface area (Å²) in [7, 11) is 1.29. The lowest BCUT2D eigenvalue weighted by molar-refractivity contribution is -0.159. The number of esters is 1. The second-order valence-corrected chi connectivity index (χ2v) is 16.4. The zero-order chi connectivity index (χ0) is 40.2. The van der Waals surface area contributed by atoms with Gasteiger partial charge in [0.2, 0.25) is 6.41 Å². The van der Waals surface area contributed by atoms with Crippen LogP contribution in [-0.4, -0.2) is 96.6 Å². The summed E-state index contributed by atoms with van der Waals surface area (Å²) in [5, 5.41) is 10.3. The standard InChI is InChI=1S/C41H67N5O8S2/c1-4-6-8-10-12-14-16-18-20-22-25-52-28-32(29-53-26-23-21-19-17-15-13-11-9-7-5-2)54-40(50)34-24-27-55-39-36(38(49)46(34)39)44-37(48)35(45-51-3)33-30-56-41(43-33)42-31-47/h24,30-32,36,39H,4-23,25-29H2,1-3H3,(H,44,48)(H,42,43,47)/t36?,39-/m0/s1. The summed E-state index contributed by atoms with van der Waals surface area (Å²) < 4.78 is 17.9. The minimum absolute atomic E-state index is 0.147. The molecule has 0 spiro atoms. The minimum atomic E-state index is -0.901. The summed E-state index contributed by atoms with van der Waals surface area (Å²) in [5.41, 5.74) is 0.177. The summed E-state index contributed by atoms with van der Waals surface area (Å²) in [4.78, 5) is 61.4. The topological polar surface area (TPSA) is 158 Å². The minimum Gasteiger partial charge on any atom is -0.453 e. The second kappa shape index (κ2) is 29.2. The number of anilines is 1. The summed E-state index contributed by atoms with van der Waals surface area (Å²) >= 11 is 2.53. The lowest BCUT2D eigenvalue weighted by atomic mass is 10.0. The fourth-order valence-electron chi connectivity index (χ4n) is 6.67. The van der Waals surface area contributed by atoms with Crippen LogP contribution in [0.4, 0.5) is 5.13 Å². The number of rotatable bonds is 34. The molecule has 13 nitrogen and oxygen atoms in total. The van der Waals surface area contributed by atoms with E-state index in [1.54, 1.807) is 11.5 Å². The van der Waals surface area contributed by atoms with Gasteiger partial charge in [0.15, 0.2) is 10.8 Å². The molecule has 2 aliphatic rings. The number of ether oxygens (including phenoxy) is 3. The summed E-state index contributed by atoms with van der Waals surface area (Å²) in [6, 6.07) is -0.901. The Morgan fingerprint density at radius 2 is 1.41 bits per heavy atom. The zero-order valence-corrected chi connectivity index (χ0v) is 35.7. The van der Waals surface area contributed by atoms with Gasteiger partial charge in [-0.15, -0.1) is 23.1 Å². The first-order valence-corrected chi connectivity index (χ1v) is 23.0. The van der Waals surface area contributed by atoms with Gasteiger partial charge in [0, 0.05) is 24.3 Å². The van der Waals surface area contributed by atoms with Crippen molar-refractivity contribution in [2.45, 2.75) is 160 Å². The van der Waals surface area contributed by atoms with Crippen LogP contribution in [0.3, 0.4) is 0 Å². The number of amides is 3. The summed E-state index contributed by atoms with van der Waals surface area (Å²) in [6.07, 6.45) is 26.3. The first-order chi connectivity index (χ1) is 27.4. The molecular weight excluding hydrogens is 755 g/mol. The van der Waals surface area contributed by atoms with Gasteiger partial charge in [-0.1, -0.05) is 135 Å². The molecule has 2 aliphatic heterocycles. The normalized spacial score (nSPS) is 16.6. The van der Waals surface area contributed by atoms with Crippen LogP contribution in [0.15, 0.2) is 22.3 Å². The van der Waals surface area contributed by atoms with E-state index in [4.69, 9.17) is 19.0 Å². The number of carbonyl (C=O) groups is 4. The molecule has 1 aromatic rings. The van der Waals surface area contributed by atoms with Crippen LogP contribution < -0.4 is 10.6 Å². The monoisotopic (exact) mass is 821 g/mol. The predicted octanol–water partition coefficient (Wildman–Crippen LogP) is 8.13. The highest BCUT2D eigenvalue weighted by Crippen LogP contribution is 2.38. The molecule has 0 aromatic carbocycles. The molecule has 0 aliphatic carbocycles. The molecule has 3 amide bonds. The Kier molecular flexibility index (Phi) is 24.7. The van der Waals surface area contributed by atoms with Crippen LogP contribution in [-0.2, 0) is 38.2 Å². The van der Waals surface area contributed by atoms with Gasteiger partial charge in [0.1, 0.15) is 36.0 Å². The number of oxime groups is 1. The second-order valence-electron chi connectivity index (χ2n) is 14.4. The van der Waals surface area contributed by atoms with Crippen molar-refractivity contribution in [2.75, 3.05) is 44.6 Å². The number of hydrogen-bond donors (Lipinski definition) is 2. The lowest BCUT2D eigenvalue weighted by Crippen LogP contribution is -2.70. The third-order valence-electron chi connectivity index (χ3n) is 9.83. The van der Waals surface area contributed by atoms with Crippen molar-refractivity contribution in [3.8, 4) is 0 Å². The number of thiazole rings is 1. The zero-order valence-electron chi connectivity index (χ0n) is 34.1. The molecule has 15 heteroatoms. The van der Waals surface area contributed by atoms with Crippen molar-refractivity contribution >= 4 is 58.1 Å². The molecule has 0 radical (unpaired) electrons. The molecule has 2 N–H and O–H groups in total. The third-order valence-corrected chi connectivity index (χ3v) is 11.8. The van der Waals surface area contributed by atoms with Gasteiger partial charge in [0.05, 0.1) is 13.2 Å². The Balaban J connectivity index is 1.47. The van der Waals surface area contributed by atoms with E-state index in [9.17, 15) is 19.2 Å². The van der Waals surface area contributed by atoms with E-state index in [-0.39, 0.29) is 35.4 Å². The quantitative estimate of drug-likeness (QED) is 0.0174. The molecule has 3 heterocycles. The largest absolute Gasteiger partial charge is 0.453 e. The summed E-state index contributed by atoms with van der Waals surface area (Å²) in [5.74, 6) is -1.29. The first kappa shape index (κ1) is 47.4. The number of carbonyl (C=O) groups excluding carboxylic acids is 4. The van der Waals surface area contributed by atoms with Crippen molar-refractivity contribution < 1.29 is 38.2 Å². The maximum atomic E-state index is 13.6.